The summed E-state index contributed by atoms with van der Waals surface area (Å²) in [6.45, 7) is 1.41. The Hall–Kier alpha value is -2.69. The van der Waals surface area contributed by atoms with Crippen LogP contribution >= 0.6 is 0 Å². The third-order valence-electron chi connectivity index (χ3n) is 3.26. The predicted octanol–water partition coefficient (Wildman–Crippen LogP) is 2.25. The van der Waals surface area contributed by atoms with Gasteiger partial charge in [0.15, 0.2) is 0 Å². The van der Waals surface area contributed by atoms with Gasteiger partial charge in [0.05, 0.1) is 11.1 Å². The molecule has 21 heavy (non-hydrogen) atoms. The zero-order valence-corrected chi connectivity index (χ0v) is 11.6. The van der Waals surface area contributed by atoms with Gasteiger partial charge in [-0.05, 0) is 24.6 Å². The molecular weight excluding hydrogens is 264 g/mol. The van der Waals surface area contributed by atoms with Crippen LogP contribution in [0.4, 0.5) is 0 Å². The number of rotatable bonds is 5. The van der Waals surface area contributed by atoms with Crippen molar-refractivity contribution in [2.75, 3.05) is 6.54 Å². The molecule has 0 bridgehead atoms. The summed E-state index contributed by atoms with van der Waals surface area (Å²) >= 11 is 0. The first-order valence-electron chi connectivity index (χ1n) is 6.93. The maximum atomic E-state index is 12.1. The summed E-state index contributed by atoms with van der Waals surface area (Å²) in [5, 5.41) is 8.00. The number of fused-ring (bicyclic) bond motifs is 1. The monoisotopic (exact) mass is 280 g/mol. The van der Waals surface area contributed by atoms with Gasteiger partial charge in [-0.15, -0.1) is 0 Å². The van der Waals surface area contributed by atoms with Crippen molar-refractivity contribution in [2.45, 2.75) is 13.0 Å². The second-order valence-electron chi connectivity index (χ2n) is 4.80. The van der Waals surface area contributed by atoms with Gasteiger partial charge in [-0.2, -0.15) is 5.10 Å². The molecule has 0 fully saturated rings. The van der Waals surface area contributed by atoms with Crippen molar-refractivity contribution in [1.29, 1.82) is 0 Å². The fourth-order valence-electron chi connectivity index (χ4n) is 2.17. The van der Waals surface area contributed by atoms with Crippen molar-refractivity contribution < 1.29 is 4.79 Å². The maximum Gasteiger partial charge on any atom is 0.252 e. The topological polar surface area (TPSA) is 59.8 Å². The van der Waals surface area contributed by atoms with Crippen LogP contribution in [0.15, 0.2) is 55.0 Å². The van der Waals surface area contributed by atoms with Crippen molar-refractivity contribution >= 4 is 16.8 Å². The lowest BCUT2D eigenvalue weighted by atomic mass is 10.1. The standard InChI is InChI=1S/C16H16N4O/c21-16(17-7-3-9-20-10-4-8-19-20)14-11-13-5-1-2-6-15(13)18-12-14/h1-2,4-6,8,10-12H,3,7,9H2,(H,17,21). The minimum absolute atomic E-state index is 0.0891. The summed E-state index contributed by atoms with van der Waals surface area (Å²) in [5.74, 6) is -0.0891. The first-order valence-corrected chi connectivity index (χ1v) is 6.93. The SMILES string of the molecule is O=C(NCCCn1cccn1)c1cnc2ccccc2c1. The molecule has 0 saturated carbocycles. The Morgan fingerprint density at radius 3 is 3.00 bits per heavy atom. The molecule has 0 unspecified atom stereocenters. The van der Waals surface area contributed by atoms with Gasteiger partial charge in [0.25, 0.3) is 5.91 Å². The Kier molecular flexibility index (Phi) is 3.91. The van der Waals surface area contributed by atoms with Crippen molar-refractivity contribution in [3.63, 3.8) is 0 Å². The Labute approximate surface area is 122 Å². The van der Waals surface area contributed by atoms with Gasteiger partial charge in [-0.3, -0.25) is 14.5 Å². The Morgan fingerprint density at radius 2 is 2.14 bits per heavy atom. The number of nitrogens with one attached hydrogen (secondary N) is 1. The quantitative estimate of drug-likeness (QED) is 0.729. The van der Waals surface area contributed by atoms with Gasteiger partial charge in [0.1, 0.15) is 0 Å². The fourth-order valence-corrected chi connectivity index (χ4v) is 2.17. The van der Waals surface area contributed by atoms with Crippen LogP contribution in [0.2, 0.25) is 0 Å². The van der Waals surface area contributed by atoms with E-state index in [1.165, 1.54) is 0 Å². The normalized spacial score (nSPS) is 10.7. The zero-order valence-electron chi connectivity index (χ0n) is 11.6. The van der Waals surface area contributed by atoms with Gasteiger partial charge in [-0.25, -0.2) is 0 Å². The van der Waals surface area contributed by atoms with Gasteiger partial charge < -0.3 is 5.32 Å². The molecule has 1 aromatic carbocycles. The van der Waals surface area contributed by atoms with Crippen molar-refractivity contribution in [1.82, 2.24) is 20.1 Å². The van der Waals surface area contributed by atoms with E-state index in [2.05, 4.69) is 15.4 Å². The van der Waals surface area contributed by atoms with Crippen LogP contribution in [0, 0.1) is 0 Å². The maximum absolute atomic E-state index is 12.1. The smallest absolute Gasteiger partial charge is 0.252 e. The second kappa shape index (κ2) is 6.17. The summed E-state index contributed by atoms with van der Waals surface area (Å²) in [4.78, 5) is 16.4. The Bertz CT molecular complexity index is 737. The molecule has 2 heterocycles. The number of hydrogen-bond acceptors (Lipinski definition) is 3. The van der Waals surface area contributed by atoms with E-state index in [0.717, 1.165) is 23.9 Å². The first kappa shape index (κ1) is 13.3. The molecule has 0 aliphatic heterocycles. The average molecular weight is 280 g/mol. The number of benzene rings is 1. The third kappa shape index (κ3) is 3.25. The minimum Gasteiger partial charge on any atom is -0.352 e. The fraction of sp³-hybridized carbons (Fsp3) is 0.188. The second-order valence-corrected chi connectivity index (χ2v) is 4.80. The highest BCUT2D eigenvalue weighted by Gasteiger charge is 2.06. The summed E-state index contributed by atoms with van der Waals surface area (Å²) in [6, 6.07) is 11.5. The van der Waals surface area contributed by atoms with Crippen molar-refractivity contribution in [3.8, 4) is 0 Å². The number of para-hydroxylation sites is 1. The number of pyridine rings is 1. The highest BCUT2D eigenvalue weighted by molar-refractivity contribution is 5.97. The first-order chi connectivity index (χ1) is 10.3. The van der Waals surface area contributed by atoms with Crippen LogP contribution in [-0.2, 0) is 6.54 Å². The molecule has 0 aliphatic rings. The molecule has 2 aromatic heterocycles. The average Bonchev–Trinajstić information content (AvgIpc) is 3.04. The molecule has 106 valence electrons. The van der Waals surface area contributed by atoms with Gasteiger partial charge in [0.2, 0.25) is 0 Å². The van der Waals surface area contributed by atoms with E-state index in [4.69, 9.17) is 0 Å². The third-order valence-corrected chi connectivity index (χ3v) is 3.26. The minimum atomic E-state index is -0.0891. The Morgan fingerprint density at radius 1 is 1.24 bits per heavy atom. The van der Waals surface area contributed by atoms with Crippen LogP contribution in [0.5, 0.6) is 0 Å². The molecule has 3 aromatic rings. The molecule has 5 heteroatoms. The predicted molar refractivity (Wildman–Crippen MR) is 80.9 cm³/mol. The van der Waals surface area contributed by atoms with E-state index in [1.54, 1.807) is 12.4 Å². The molecule has 0 spiro atoms. The lowest BCUT2D eigenvalue weighted by Crippen LogP contribution is -2.25. The number of amides is 1. The number of hydrogen-bond donors (Lipinski definition) is 1. The van der Waals surface area contributed by atoms with E-state index in [9.17, 15) is 4.79 Å². The van der Waals surface area contributed by atoms with E-state index in [1.807, 2.05) is 47.3 Å². The zero-order chi connectivity index (χ0) is 14.5. The van der Waals surface area contributed by atoms with E-state index in [0.29, 0.717) is 12.1 Å². The van der Waals surface area contributed by atoms with E-state index < -0.39 is 0 Å². The molecule has 0 radical (unpaired) electrons. The molecule has 0 saturated heterocycles. The van der Waals surface area contributed by atoms with E-state index >= 15 is 0 Å². The number of carbonyl (C=O) groups excluding carboxylic acids is 1. The number of aryl methyl sites for hydroxylation is 1. The highest BCUT2D eigenvalue weighted by atomic mass is 16.1. The molecule has 1 N–H and O–H groups in total. The van der Waals surface area contributed by atoms with Gasteiger partial charge in [0, 0.05) is 37.1 Å². The van der Waals surface area contributed by atoms with Crippen LogP contribution in [-0.4, -0.2) is 27.2 Å². The summed E-state index contributed by atoms with van der Waals surface area (Å²) in [7, 11) is 0. The van der Waals surface area contributed by atoms with Gasteiger partial charge >= 0.3 is 0 Å². The lowest BCUT2D eigenvalue weighted by molar-refractivity contribution is 0.0952. The van der Waals surface area contributed by atoms with E-state index in [-0.39, 0.29) is 5.91 Å². The highest BCUT2D eigenvalue weighted by Crippen LogP contribution is 2.12. The lowest BCUT2D eigenvalue weighted by Gasteiger charge is -2.06. The summed E-state index contributed by atoms with van der Waals surface area (Å²) < 4.78 is 1.85. The number of nitrogens with zero attached hydrogens (tertiary/aromatic N) is 3. The Balaban J connectivity index is 1.56. The molecular formula is C16H16N4O. The largest absolute Gasteiger partial charge is 0.352 e. The number of carbonyl (C=O) groups is 1. The molecule has 5 nitrogen and oxygen atoms in total. The van der Waals surface area contributed by atoms with Crippen LogP contribution in [0.1, 0.15) is 16.8 Å². The summed E-state index contributed by atoms with van der Waals surface area (Å²) in [5.41, 5.74) is 1.49. The van der Waals surface area contributed by atoms with Crippen LogP contribution in [0.25, 0.3) is 10.9 Å². The molecule has 3 rings (SSSR count). The molecule has 0 aliphatic carbocycles. The molecule has 1 amide bonds. The number of aromatic nitrogens is 3. The van der Waals surface area contributed by atoms with Crippen LogP contribution in [0.3, 0.4) is 0 Å². The molecule has 0 atom stereocenters. The van der Waals surface area contributed by atoms with Crippen LogP contribution < -0.4 is 5.32 Å². The van der Waals surface area contributed by atoms with Gasteiger partial charge in [-0.1, -0.05) is 18.2 Å². The van der Waals surface area contributed by atoms with Crippen molar-refractivity contribution in [3.05, 3.63) is 60.6 Å². The van der Waals surface area contributed by atoms with Crippen molar-refractivity contribution in [2.24, 2.45) is 0 Å². The summed E-state index contributed by atoms with van der Waals surface area (Å²) in [6.07, 6.45) is 6.12.